The molecule has 4 rings (SSSR count). The molecule has 2 aliphatic rings. The highest BCUT2D eigenvalue weighted by Crippen LogP contribution is 2.19. The van der Waals surface area contributed by atoms with Crippen molar-refractivity contribution in [1.82, 2.24) is 15.2 Å². The molecule has 2 saturated heterocycles. The first-order chi connectivity index (χ1) is 14.2. The number of aliphatic imine (C=N–C) groups is 1. The van der Waals surface area contributed by atoms with Crippen LogP contribution in [-0.2, 0) is 6.54 Å². The van der Waals surface area contributed by atoms with Crippen molar-refractivity contribution < 1.29 is 4.39 Å². The van der Waals surface area contributed by atoms with E-state index >= 15 is 0 Å². The summed E-state index contributed by atoms with van der Waals surface area (Å²) in [5.41, 5.74) is 2.29. The first kappa shape index (κ1) is 19.5. The monoisotopic (exact) mass is 396 g/mol. The highest BCUT2D eigenvalue weighted by Gasteiger charge is 2.20. The minimum atomic E-state index is -0.194. The van der Waals surface area contributed by atoms with Crippen LogP contribution in [0.3, 0.4) is 0 Å². The predicted molar refractivity (Wildman–Crippen MR) is 116 cm³/mol. The number of rotatable bonds is 4. The molecule has 0 radical (unpaired) electrons. The molecule has 0 unspecified atom stereocenters. The van der Waals surface area contributed by atoms with E-state index in [-0.39, 0.29) is 5.82 Å². The number of nitrogens with zero attached hydrogens (tertiary/aromatic N) is 5. The summed E-state index contributed by atoms with van der Waals surface area (Å²) in [7, 11) is 1.83. The maximum Gasteiger partial charge on any atom is 0.194 e. The molecule has 7 heteroatoms. The van der Waals surface area contributed by atoms with Crippen LogP contribution in [0.2, 0.25) is 0 Å². The fourth-order valence-corrected chi connectivity index (χ4v) is 4.03. The van der Waals surface area contributed by atoms with Crippen LogP contribution in [0.15, 0.2) is 47.6 Å². The Morgan fingerprint density at radius 1 is 1.00 bits per heavy atom. The Hall–Kier alpha value is -2.83. The lowest BCUT2D eigenvalue weighted by Gasteiger charge is -2.37. The summed E-state index contributed by atoms with van der Waals surface area (Å²) in [6, 6.07) is 11.0. The zero-order valence-corrected chi connectivity index (χ0v) is 17.0. The average molecular weight is 397 g/mol. The standard InChI is InChI=1S/C22H29FN6/c1-24-22(26-17-18-8-9-25-21(16-18)28-10-2-3-11-28)29-14-12-27(13-15-29)20-6-4-19(23)5-7-20/h4-9,16H,2-3,10-15,17H2,1H3,(H,24,26). The van der Waals surface area contributed by atoms with Gasteiger partial charge in [-0.2, -0.15) is 0 Å². The van der Waals surface area contributed by atoms with E-state index in [1.54, 1.807) is 0 Å². The Morgan fingerprint density at radius 2 is 1.72 bits per heavy atom. The molecule has 2 aromatic rings. The maximum absolute atomic E-state index is 13.1. The second-order valence-electron chi connectivity index (χ2n) is 7.57. The highest BCUT2D eigenvalue weighted by atomic mass is 19.1. The van der Waals surface area contributed by atoms with Crippen molar-refractivity contribution in [2.45, 2.75) is 19.4 Å². The van der Waals surface area contributed by atoms with Crippen molar-refractivity contribution >= 4 is 17.5 Å². The van der Waals surface area contributed by atoms with E-state index in [4.69, 9.17) is 0 Å². The Labute approximate surface area is 172 Å². The molecular weight excluding hydrogens is 367 g/mol. The number of aromatic nitrogens is 1. The minimum absolute atomic E-state index is 0.194. The van der Waals surface area contributed by atoms with E-state index in [1.807, 2.05) is 25.4 Å². The molecule has 0 saturated carbocycles. The van der Waals surface area contributed by atoms with Gasteiger partial charge in [0.2, 0.25) is 0 Å². The summed E-state index contributed by atoms with van der Waals surface area (Å²) in [6.07, 6.45) is 4.40. The molecule has 0 amide bonds. The van der Waals surface area contributed by atoms with E-state index in [2.05, 4.69) is 42.1 Å². The predicted octanol–water partition coefficient (Wildman–Crippen LogP) is 2.72. The lowest BCUT2D eigenvalue weighted by Crippen LogP contribution is -2.52. The van der Waals surface area contributed by atoms with Gasteiger partial charge in [-0.1, -0.05) is 0 Å². The summed E-state index contributed by atoms with van der Waals surface area (Å²) in [4.78, 5) is 15.9. The molecule has 154 valence electrons. The van der Waals surface area contributed by atoms with Crippen LogP contribution >= 0.6 is 0 Å². The topological polar surface area (TPSA) is 47.0 Å². The molecule has 0 atom stereocenters. The molecule has 1 aromatic heterocycles. The van der Waals surface area contributed by atoms with Gasteiger partial charge < -0.3 is 20.0 Å². The number of hydrogen-bond donors (Lipinski definition) is 1. The van der Waals surface area contributed by atoms with Gasteiger partial charge in [-0.25, -0.2) is 9.37 Å². The maximum atomic E-state index is 13.1. The first-order valence-corrected chi connectivity index (χ1v) is 10.4. The molecule has 0 bridgehead atoms. The van der Waals surface area contributed by atoms with Crippen molar-refractivity contribution in [3.63, 3.8) is 0 Å². The SMILES string of the molecule is CN=C(NCc1ccnc(N2CCCC2)c1)N1CCN(c2ccc(F)cc2)CC1. The van der Waals surface area contributed by atoms with Crippen LogP contribution in [0.25, 0.3) is 0 Å². The zero-order chi connectivity index (χ0) is 20.1. The molecule has 1 N–H and O–H groups in total. The van der Waals surface area contributed by atoms with E-state index < -0.39 is 0 Å². The van der Waals surface area contributed by atoms with Crippen LogP contribution in [0.5, 0.6) is 0 Å². The highest BCUT2D eigenvalue weighted by molar-refractivity contribution is 5.80. The van der Waals surface area contributed by atoms with Crippen molar-refractivity contribution in [3.05, 3.63) is 54.0 Å². The van der Waals surface area contributed by atoms with Crippen LogP contribution in [0, 0.1) is 5.82 Å². The van der Waals surface area contributed by atoms with Gasteiger partial charge in [0, 0.05) is 64.7 Å². The van der Waals surface area contributed by atoms with Gasteiger partial charge in [-0.05, 0) is 54.8 Å². The number of piperazine rings is 1. The Kier molecular flexibility index (Phi) is 6.12. The molecule has 2 fully saturated rings. The van der Waals surface area contributed by atoms with Gasteiger partial charge in [-0.3, -0.25) is 4.99 Å². The Morgan fingerprint density at radius 3 is 2.41 bits per heavy atom. The van der Waals surface area contributed by atoms with Crippen LogP contribution in [0.4, 0.5) is 15.9 Å². The van der Waals surface area contributed by atoms with E-state index in [9.17, 15) is 4.39 Å². The van der Waals surface area contributed by atoms with Gasteiger partial charge in [0.1, 0.15) is 11.6 Å². The van der Waals surface area contributed by atoms with Crippen LogP contribution in [-0.4, -0.2) is 62.2 Å². The van der Waals surface area contributed by atoms with Crippen LogP contribution < -0.4 is 15.1 Å². The quantitative estimate of drug-likeness (QED) is 0.636. The molecule has 6 nitrogen and oxygen atoms in total. The smallest absolute Gasteiger partial charge is 0.194 e. The summed E-state index contributed by atoms with van der Waals surface area (Å²) >= 11 is 0. The van der Waals surface area contributed by atoms with Gasteiger partial charge in [0.05, 0.1) is 0 Å². The number of hydrogen-bond acceptors (Lipinski definition) is 4. The number of nitrogens with one attached hydrogen (secondary N) is 1. The third kappa shape index (κ3) is 4.78. The third-order valence-electron chi connectivity index (χ3n) is 5.67. The molecule has 0 spiro atoms. The van der Waals surface area contributed by atoms with Crippen molar-refractivity contribution in [2.75, 3.05) is 56.1 Å². The Balaban J connectivity index is 1.31. The molecule has 29 heavy (non-hydrogen) atoms. The fourth-order valence-electron chi connectivity index (χ4n) is 4.03. The summed E-state index contributed by atoms with van der Waals surface area (Å²) < 4.78 is 13.1. The molecule has 2 aliphatic heterocycles. The Bertz CT molecular complexity index is 823. The lowest BCUT2D eigenvalue weighted by molar-refractivity contribution is 0.372. The minimum Gasteiger partial charge on any atom is -0.368 e. The third-order valence-corrected chi connectivity index (χ3v) is 5.67. The van der Waals surface area contributed by atoms with Gasteiger partial charge in [0.25, 0.3) is 0 Å². The zero-order valence-electron chi connectivity index (χ0n) is 17.0. The lowest BCUT2D eigenvalue weighted by atomic mass is 10.2. The molecule has 3 heterocycles. The average Bonchev–Trinajstić information content (AvgIpc) is 3.31. The van der Waals surface area contributed by atoms with E-state index in [1.165, 1.54) is 30.5 Å². The van der Waals surface area contributed by atoms with Crippen molar-refractivity contribution in [1.29, 1.82) is 0 Å². The number of guanidine groups is 1. The fraction of sp³-hybridized carbons (Fsp3) is 0.455. The largest absolute Gasteiger partial charge is 0.368 e. The van der Waals surface area contributed by atoms with Crippen LogP contribution in [0.1, 0.15) is 18.4 Å². The van der Waals surface area contributed by atoms with Crippen molar-refractivity contribution in [3.8, 4) is 0 Å². The molecule has 0 aliphatic carbocycles. The first-order valence-electron chi connectivity index (χ1n) is 10.4. The van der Waals surface area contributed by atoms with E-state index in [0.717, 1.165) is 63.3 Å². The summed E-state index contributed by atoms with van der Waals surface area (Å²) in [5, 5.41) is 3.50. The molecule has 1 aromatic carbocycles. The second kappa shape index (κ2) is 9.11. The number of halogens is 1. The second-order valence-corrected chi connectivity index (χ2v) is 7.57. The van der Waals surface area contributed by atoms with Gasteiger partial charge >= 0.3 is 0 Å². The van der Waals surface area contributed by atoms with Gasteiger partial charge in [0.15, 0.2) is 5.96 Å². The van der Waals surface area contributed by atoms with Crippen molar-refractivity contribution in [2.24, 2.45) is 4.99 Å². The number of anilines is 2. The number of benzene rings is 1. The summed E-state index contributed by atoms with van der Waals surface area (Å²) in [6.45, 7) is 6.47. The normalized spacial score (nSPS) is 17.7. The van der Waals surface area contributed by atoms with E-state index in [0.29, 0.717) is 0 Å². The molecular formula is C22H29FN6. The number of pyridine rings is 1. The van der Waals surface area contributed by atoms with Gasteiger partial charge in [-0.15, -0.1) is 0 Å². The summed E-state index contributed by atoms with van der Waals surface area (Å²) in [5.74, 6) is 1.80.